The minimum atomic E-state index is -5.76. The van der Waals surface area contributed by atoms with Gasteiger partial charge >= 0.3 is 35.5 Å². The third-order valence-electron chi connectivity index (χ3n) is 5.63. The second kappa shape index (κ2) is 3.96. The van der Waals surface area contributed by atoms with Gasteiger partial charge in [-0.25, -0.2) is 0 Å². The molecule has 0 amide bonds. The van der Waals surface area contributed by atoms with Crippen LogP contribution < -0.4 is 0 Å². The molecule has 0 aromatic carbocycles. The number of fused-ring (bicyclic) bond motifs is 4. The molecule has 158 valence electrons. The molecule has 0 aromatic rings. The largest absolute Gasteiger partial charge is 0.340 e. The van der Waals surface area contributed by atoms with Crippen molar-refractivity contribution in [3.8, 4) is 0 Å². The Hall–Kier alpha value is -2.02. The van der Waals surface area contributed by atoms with Crippen molar-refractivity contribution in [2.45, 2.75) is 41.5 Å². The fourth-order valence-electron chi connectivity index (χ4n) is 4.19. The number of halogens is 14. The predicted molar refractivity (Wildman–Crippen MR) is 62.7 cm³/mol. The average Bonchev–Trinajstić information content (AvgIpc) is 3.04. The van der Waals surface area contributed by atoms with Crippen molar-refractivity contribution < 1.29 is 61.5 Å². The van der Waals surface area contributed by atoms with Crippen LogP contribution in [0.25, 0.3) is 0 Å². The van der Waals surface area contributed by atoms with E-state index in [2.05, 4.69) is 0 Å². The molecule has 5 aliphatic carbocycles. The highest BCUT2D eigenvalue weighted by atomic mass is 19.3. The zero-order valence-electron chi connectivity index (χ0n) is 12.8. The lowest BCUT2D eigenvalue weighted by Crippen LogP contribution is -2.66. The van der Waals surface area contributed by atoms with E-state index in [9.17, 15) is 61.5 Å². The van der Waals surface area contributed by atoms with Gasteiger partial charge in [0.05, 0.1) is 0 Å². The van der Waals surface area contributed by atoms with Crippen LogP contribution >= 0.6 is 0 Å². The second-order valence-electron chi connectivity index (χ2n) is 7.02. The van der Waals surface area contributed by atoms with Gasteiger partial charge in [-0.15, -0.1) is 0 Å². The van der Waals surface area contributed by atoms with Crippen LogP contribution in [0.4, 0.5) is 61.5 Å². The molecule has 0 bridgehead atoms. The van der Waals surface area contributed by atoms with Crippen LogP contribution in [0.3, 0.4) is 0 Å². The summed E-state index contributed by atoms with van der Waals surface area (Å²) in [4.78, 5) is 0. The van der Waals surface area contributed by atoms with E-state index in [-0.39, 0.29) is 0 Å². The number of alkyl halides is 14. The summed E-state index contributed by atoms with van der Waals surface area (Å²) >= 11 is 0. The zero-order chi connectivity index (χ0) is 22.1. The van der Waals surface area contributed by atoms with E-state index in [0.717, 1.165) is 0 Å². The molecule has 0 aromatic heterocycles. The first-order valence-corrected chi connectivity index (χ1v) is 7.40. The first-order valence-electron chi connectivity index (χ1n) is 7.40. The number of allylic oxidation sites excluding steroid dienone is 8. The van der Waals surface area contributed by atoms with Gasteiger partial charge in [-0.1, -0.05) is 0 Å². The van der Waals surface area contributed by atoms with Gasteiger partial charge < -0.3 is 0 Å². The summed E-state index contributed by atoms with van der Waals surface area (Å²) in [5.41, 5.74) is -20.4. The van der Waals surface area contributed by atoms with Crippen LogP contribution in [0.15, 0.2) is 44.6 Å². The monoisotopic (exact) mass is 446 g/mol. The summed E-state index contributed by atoms with van der Waals surface area (Å²) in [7, 11) is 0. The van der Waals surface area contributed by atoms with Crippen LogP contribution in [0.5, 0.6) is 0 Å². The van der Waals surface area contributed by atoms with Crippen molar-refractivity contribution in [3.05, 3.63) is 44.6 Å². The van der Waals surface area contributed by atoms with E-state index in [1.807, 2.05) is 0 Å². The Labute approximate surface area is 148 Å². The van der Waals surface area contributed by atoms with Crippen molar-refractivity contribution >= 4 is 0 Å². The fourth-order valence-corrected chi connectivity index (χ4v) is 4.19. The first-order chi connectivity index (χ1) is 12.7. The van der Waals surface area contributed by atoms with Gasteiger partial charge in [0.2, 0.25) is 0 Å². The van der Waals surface area contributed by atoms with Gasteiger partial charge in [-0.05, 0) is 0 Å². The fraction of sp³-hybridized carbons (Fsp3) is 0.467. The molecule has 0 aliphatic heterocycles. The first kappa shape index (κ1) is 19.0. The molecule has 0 radical (unpaired) electrons. The van der Waals surface area contributed by atoms with Crippen LogP contribution in [0.2, 0.25) is 0 Å². The molecule has 5 rings (SSSR count). The molecule has 5 aliphatic rings. The summed E-state index contributed by atoms with van der Waals surface area (Å²) in [5, 5.41) is 0. The van der Waals surface area contributed by atoms with Gasteiger partial charge in [0.15, 0.2) is 0 Å². The Balaban J connectivity index is 1.96. The van der Waals surface area contributed by atoms with Crippen LogP contribution in [-0.2, 0) is 0 Å². The summed E-state index contributed by atoms with van der Waals surface area (Å²) in [6, 6.07) is 0. The van der Waals surface area contributed by atoms with E-state index in [1.54, 1.807) is 0 Å². The van der Waals surface area contributed by atoms with Gasteiger partial charge in [0.25, 0.3) is 5.92 Å². The van der Waals surface area contributed by atoms with Gasteiger partial charge in [-0.2, -0.15) is 61.5 Å². The van der Waals surface area contributed by atoms with E-state index in [4.69, 9.17) is 0 Å². The Bertz CT molecular complexity index is 992. The summed E-state index contributed by atoms with van der Waals surface area (Å²) in [5.74, 6) is -39.0. The van der Waals surface area contributed by atoms with Crippen LogP contribution in [0, 0.1) is 0 Å². The van der Waals surface area contributed by atoms with E-state index >= 15 is 0 Å². The highest BCUT2D eigenvalue weighted by Crippen LogP contribution is 2.79. The van der Waals surface area contributed by atoms with Gasteiger partial charge in [0, 0.05) is 44.6 Å². The molecule has 0 fully saturated rings. The molecule has 14 heteroatoms. The van der Waals surface area contributed by atoms with E-state index in [0.29, 0.717) is 0 Å². The Morgan fingerprint density at radius 1 is 0.241 bits per heavy atom. The third-order valence-corrected chi connectivity index (χ3v) is 5.63. The molecule has 29 heavy (non-hydrogen) atoms. The SMILES string of the molecule is FC1(F)C2=C1C1=C(C3=C(C4=C2C(F)(F)C4(F)F)C(F)(F)C3(F)F)C(F)(F)C1(F)F. The van der Waals surface area contributed by atoms with Crippen molar-refractivity contribution in [2.75, 3.05) is 0 Å². The summed E-state index contributed by atoms with van der Waals surface area (Å²) in [6.45, 7) is 0. The quantitative estimate of drug-likeness (QED) is 0.420. The van der Waals surface area contributed by atoms with Gasteiger partial charge in [0.1, 0.15) is 0 Å². The molecular weight excluding hydrogens is 446 g/mol. The maximum Gasteiger partial charge on any atom is 0.340 e. The maximum absolute atomic E-state index is 13.9. The molecular formula is C15F14. The molecule has 0 heterocycles. The zero-order valence-corrected chi connectivity index (χ0v) is 12.8. The number of hydrogen-bond acceptors (Lipinski definition) is 0. The Kier molecular flexibility index (Phi) is 2.59. The highest BCUT2D eigenvalue weighted by molar-refractivity contribution is 5.87. The number of hydrogen-bond donors (Lipinski definition) is 0. The van der Waals surface area contributed by atoms with Gasteiger partial charge in [-0.3, -0.25) is 0 Å². The standard InChI is InChI=1S/C15F14/c16-9(17)1-2(9)4-6(13(24,25)11(4,20)21)8-7(14(26,27)15(8,28)29)5-3(1)10(18,19)12(5,22)23. The normalized spacial score (nSPS) is 34.6. The molecule has 0 saturated heterocycles. The van der Waals surface area contributed by atoms with E-state index in [1.165, 1.54) is 0 Å². The third kappa shape index (κ3) is 1.41. The lowest BCUT2D eigenvalue weighted by atomic mass is 9.59. The van der Waals surface area contributed by atoms with Crippen molar-refractivity contribution in [1.29, 1.82) is 0 Å². The minimum absolute atomic E-state index is 2.26. The molecule has 0 atom stereocenters. The average molecular weight is 446 g/mol. The highest BCUT2D eigenvalue weighted by Gasteiger charge is 2.89. The Morgan fingerprint density at radius 2 is 0.379 bits per heavy atom. The van der Waals surface area contributed by atoms with Crippen molar-refractivity contribution in [1.82, 2.24) is 0 Å². The van der Waals surface area contributed by atoms with Crippen LogP contribution in [0.1, 0.15) is 0 Å². The molecule has 0 nitrogen and oxygen atoms in total. The lowest BCUT2D eigenvalue weighted by Gasteiger charge is -2.53. The summed E-state index contributed by atoms with van der Waals surface area (Å²) in [6.07, 6.45) is 0. The molecule has 0 spiro atoms. The van der Waals surface area contributed by atoms with Crippen molar-refractivity contribution in [2.24, 2.45) is 0 Å². The maximum atomic E-state index is 13.9. The number of rotatable bonds is 0. The topological polar surface area (TPSA) is 0 Å². The summed E-state index contributed by atoms with van der Waals surface area (Å²) < 4.78 is 194. The van der Waals surface area contributed by atoms with E-state index < -0.39 is 86.0 Å². The Morgan fingerprint density at radius 3 is 0.552 bits per heavy atom. The van der Waals surface area contributed by atoms with Crippen LogP contribution in [-0.4, -0.2) is 41.5 Å². The lowest BCUT2D eigenvalue weighted by molar-refractivity contribution is -0.223. The predicted octanol–water partition coefficient (Wildman–Crippen LogP) is 5.69. The smallest absolute Gasteiger partial charge is 0.196 e. The second-order valence-corrected chi connectivity index (χ2v) is 7.02. The minimum Gasteiger partial charge on any atom is -0.196 e. The van der Waals surface area contributed by atoms with Crippen molar-refractivity contribution in [3.63, 3.8) is 0 Å². The molecule has 0 N–H and O–H groups in total. The molecule has 0 unspecified atom stereocenters. The molecule has 0 saturated carbocycles.